The van der Waals surface area contributed by atoms with Crippen molar-refractivity contribution in [1.82, 2.24) is 0 Å². The zero-order chi connectivity index (χ0) is 12.1. The highest BCUT2D eigenvalue weighted by atomic mass is 16.2. The van der Waals surface area contributed by atoms with Crippen LogP contribution in [0.15, 0.2) is 24.3 Å². The summed E-state index contributed by atoms with van der Waals surface area (Å²) >= 11 is 0. The van der Waals surface area contributed by atoms with Crippen molar-refractivity contribution in [1.29, 1.82) is 0 Å². The monoisotopic (exact) mass is 219 g/mol. The average Bonchev–Trinajstić information content (AvgIpc) is 2.46. The molecule has 0 fully saturated rings. The number of rotatable bonds is 0. The van der Waals surface area contributed by atoms with Crippen molar-refractivity contribution in [2.24, 2.45) is 5.92 Å². The van der Waals surface area contributed by atoms with Crippen LogP contribution >= 0.6 is 0 Å². The average molecular weight is 219 g/mol. The Balaban J connectivity index is 0.000000606. The number of nitrogens with zero attached hydrogens (tertiary/aromatic N) is 1. The predicted molar refractivity (Wildman–Crippen MR) is 68.7 cm³/mol. The number of carbonyl (C=O) groups is 1. The van der Waals surface area contributed by atoms with Gasteiger partial charge in [0, 0.05) is 18.7 Å². The minimum Gasteiger partial charge on any atom is -0.315 e. The van der Waals surface area contributed by atoms with Crippen molar-refractivity contribution in [3.05, 3.63) is 29.8 Å². The first-order valence-electron chi connectivity index (χ1n) is 6.05. The Labute approximate surface area is 98.3 Å². The number of para-hydroxylation sites is 1. The number of hydrogen-bond acceptors (Lipinski definition) is 1. The molecule has 2 rings (SSSR count). The third-order valence-corrected chi connectivity index (χ3v) is 2.95. The van der Waals surface area contributed by atoms with E-state index in [0.29, 0.717) is 0 Å². The molecule has 0 bridgehead atoms. The maximum atomic E-state index is 11.8. The van der Waals surface area contributed by atoms with Gasteiger partial charge < -0.3 is 4.90 Å². The lowest BCUT2D eigenvalue weighted by molar-refractivity contribution is -0.121. The lowest BCUT2D eigenvalue weighted by Crippen LogP contribution is -2.30. The Morgan fingerprint density at radius 1 is 1.25 bits per heavy atom. The van der Waals surface area contributed by atoms with Gasteiger partial charge in [0.1, 0.15) is 0 Å². The number of anilines is 1. The highest BCUT2D eigenvalue weighted by Crippen LogP contribution is 2.27. The Morgan fingerprint density at radius 2 is 1.88 bits per heavy atom. The van der Waals surface area contributed by atoms with E-state index in [1.807, 2.05) is 46.0 Å². The highest BCUT2D eigenvalue weighted by molar-refractivity contribution is 5.95. The SMILES string of the molecule is CC.CC1CCc2ccccc2N(C)C1=O. The molecule has 1 aromatic carbocycles. The first-order chi connectivity index (χ1) is 7.70. The van der Waals surface area contributed by atoms with Crippen LogP contribution in [-0.4, -0.2) is 13.0 Å². The molecule has 1 atom stereocenters. The molecule has 1 amide bonds. The van der Waals surface area contributed by atoms with Crippen molar-refractivity contribution in [3.63, 3.8) is 0 Å². The van der Waals surface area contributed by atoms with Crippen molar-refractivity contribution in [2.45, 2.75) is 33.6 Å². The van der Waals surface area contributed by atoms with Crippen molar-refractivity contribution in [2.75, 3.05) is 11.9 Å². The summed E-state index contributed by atoms with van der Waals surface area (Å²) in [5.41, 5.74) is 2.36. The Kier molecular flexibility index (Phi) is 4.53. The standard InChI is InChI=1S/C12H15NO.C2H6/c1-9-7-8-10-5-3-4-6-11(10)13(2)12(9)14;1-2/h3-6,9H,7-8H2,1-2H3;1-2H3. The second kappa shape index (κ2) is 5.69. The van der Waals surface area contributed by atoms with Gasteiger partial charge in [0.25, 0.3) is 0 Å². The van der Waals surface area contributed by atoms with Crippen LogP contribution in [0.1, 0.15) is 32.8 Å². The first-order valence-corrected chi connectivity index (χ1v) is 6.05. The summed E-state index contributed by atoms with van der Waals surface area (Å²) in [6.45, 7) is 6.00. The van der Waals surface area contributed by atoms with E-state index in [0.717, 1.165) is 18.5 Å². The molecular formula is C14H21NO. The predicted octanol–water partition coefficient (Wildman–Crippen LogP) is 3.26. The summed E-state index contributed by atoms with van der Waals surface area (Å²) in [5, 5.41) is 0. The topological polar surface area (TPSA) is 20.3 Å². The Bertz CT molecular complexity index is 360. The van der Waals surface area contributed by atoms with Gasteiger partial charge in [-0.1, -0.05) is 39.0 Å². The van der Waals surface area contributed by atoms with E-state index in [2.05, 4.69) is 6.07 Å². The second-order valence-corrected chi connectivity index (χ2v) is 3.97. The molecule has 1 heterocycles. The smallest absolute Gasteiger partial charge is 0.229 e. The number of fused-ring (bicyclic) bond motifs is 1. The molecule has 1 aromatic rings. The molecule has 2 heteroatoms. The molecule has 0 N–H and O–H groups in total. The van der Waals surface area contributed by atoms with Crippen LogP contribution in [0, 0.1) is 5.92 Å². The molecule has 88 valence electrons. The molecule has 1 unspecified atom stereocenters. The minimum atomic E-state index is 0.146. The Morgan fingerprint density at radius 3 is 2.56 bits per heavy atom. The van der Waals surface area contributed by atoms with E-state index in [9.17, 15) is 4.79 Å². The summed E-state index contributed by atoms with van der Waals surface area (Å²) < 4.78 is 0. The Hall–Kier alpha value is -1.31. The summed E-state index contributed by atoms with van der Waals surface area (Å²) in [7, 11) is 1.86. The number of benzene rings is 1. The van der Waals surface area contributed by atoms with Crippen LogP contribution in [0.4, 0.5) is 5.69 Å². The summed E-state index contributed by atoms with van der Waals surface area (Å²) in [5.74, 6) is 0.377. The highest BCUT2D eigenvalue weighted by Gasteiger charge is 2.23. The molecule has 1 aliphatic heterocycles. The maximum Gasteiger partial charge on any atom is 0.229 e. The van der Waals surface area contributed by atoms with E-state index in [1.54, 1.807) is 4.90 Å². The lowest BCUT2D eigenvalue weighted by atomic mass is 10.0. The largest absolute Gasteiger partial charge is 0.315 e. The molecule has 0 radical (unpaired) electrons. The van der Waals surface area contributed by atoms with Crippen LogP contribution in [-0.2, 0) is 11.2 Å². The minimum absolute atomic E-state index is 0.146. The van der Waals surface area contributed by atoms with E-state index < -0.39 is 0 Å². The van der Waals surface area contributed by atoms with Gasteiger partial charge in [-0.15, -0.1) is 0 Å². The normalized spacial score (nSPS) is 19.4. The van der Waals surface area contributed by atoms with Crippen LogP contribution in [0.25, 0.3) is 0 Å². The fourth-order valence-corrected chi connectivity index (χ4v) is 1.99. The summed E-state index contributed by atoms with van der Waals surface area (Å²) in [6, 6.07) is 8.15. The fraction of sp³-hybridized carbons (Fsp3) is 0.500. The molecular weight excluding hydrogens is 198 g/mol. The number of aryl methyl sites for hydroxylation is 1. The fourth-order valence-electron chi connectivity index (χ4n) is 1.99. The summed E-state index contributed by atoms with van der Waals surface area (Å²) in [6.07, 6.45) is 1.97. The molecule has 0 saturated heterocycles. The molecule has 0 aliphatic carbocycles. The van der Waals surface area contributed by atoms with Gasteiger partial charge in [-0.3, -0.25) is 4.79 Å². The lowest BCUT2D eigenvalue weighted by Gasteiger charge is -2.19. The van der Waals surface area contributed by atoms with Gasteiger partial charge in [0.2, 0.25) is 5.91 Å². The van der Waals surface area contributed by atoms with Crippen molar-refractivity contribution < 1.29 is 4.79 Å². The maximum absolute atomic E-state index is 11.8. The van der Waals surface area contributed by atoms with E-state index in [4.69, 9.17) is 0 Å². The van der Waals surface area contributed by atoms with Gasteiger partial charge in [-0.25, -0.2) is 0 Å². The molecule has 0 saturated carbocycles. The number of carbonyl (C=O) groups excluding carboxylic acids is 1. The first kappa shape index (κ1) is 12.8. The molecule has 0 aromatic heterocycles. The third-order valence-electron chi connectivity index (χ3n) is 2.95. The van der Waals surface area contributed by atoms with Crippen LogP contribution in [0.5, 0.6) is 0 Å². The van der Waals surface area contributed by atoms with Crippen molar-refractivity contribution in [3.8, 4) is 0 Å². The second-order valence-electron chi connectivity index (χ2n) is 3.97. The van der Waals surface area contributed by atoms with Crippen LogP contribution in [0.3, 0.4) is 0 Å². The van der Waals surface area contributed by atoms with Crippen LogP contribution in [0.2, 0.25) is 0 Å². The number of amides is 1. The molecule has 2 nitrogen and oxygen atoms in total. The molecule has 1 aliphatic rings. The van der Waals surface area contributed by atoms with E-state index >= 15 is 0 Å². The molecule has 0 spiro atoms. The number of hydrogen-bond donors (Lipinski definition) is 0. The van der Waals surface area contributed by atoms with Gasteiger partial charge in [0.15, 0.2) is 0 Å². The molecule has 16 heavy (non-hydrogen) atoms. The van der Waals surface area contributed by atoms with Crippen LogP contribution < -0.4 is 4.90 Å². The van der Waals surface area contributed by atoms with Gasteiger partial charge in [-0.05, 0) is 24.5 Å². The van der Waals surface area contributed by atoms with Gasteiger partial charge in [0.05, 0.1) is 0 Å². The zero-order valence-electron chi connectivity index (χ0n) is 10.7. The van der Waals surface area contributed by atoms with Crippen molar-refractivity contribution >= 4 is 11.6 Å². The van der Waals surface area contributed by atoms with E-state index in [1.165, 1.54) is 5.56 Å². The third kappa shape index (κ3) is 2.43. The summed E-state index contributed by atoms with van der Waals surface area (Å²) in [4.78, 5) is 13.6. The zero-order valence-corrected chi connectivity index (χ0v) is 10.7. The van der Waals surface area contributed by atoms with Gasteiger partial charge in [-0.2, -0.15) is 0 Å². The van der Waals surface area contributed by atoms with Gasteiger partial charge >= 0.3 is 0 Å². The van der Waals surface area contributed by atoms with E-state index in [-0.39, 0.29) is 11.8 Å². The quantitative estimate of drug-likeness (QED) is 0.656.